The van der Waals surface area contributed by atoms with E-state index in [4.69, 9.17) is 5.73 Å². The molecule has 0 amide bonds. The third kappa shape index (κ3) is 2.48. The molecule has 8 heteroatoms. The lowest BCUT2D eigenvalue weighted by Crippen LogP contribution is -2.18. The first-order chi connectivity index (χ1) is 6.54. The van der Waals surface area contributed by atoms with Crippen molar-refractivity contribution in [1.82, 2.24) is 14.8 Å². The number of halogens is 1. The molecule has 1 rings (SSSR count). The molecule has 0 aliphatic rings. The maximum atomic E-state index is 10.3. The predicted molar refractivity (Wildman–Crippen MR) is 52.6 cm³/mol. The first kappa shape index (κ1) is 11.1. The summed E-state index contributed by atoms with van der Waals surface area (Å²) in [7, 11) is 0. The molecule has 14 heavy (non-hydrogen) atoms. The summed E-state index contributed by atoms with van der Waals surface area (Å²) in [6, 6.07) is 0. The number of nitrogens with zero attached hydrogens (tertiary/aromatic N) is 4. The second-order valence-electron chi connectivity index (χ2n) is 2.96. The molecule has 0 spiro atoms. The summed E-state index contributed by atoms with van der Waals surface area (Å²) in [5.74, 6) is -0.200. The molecule has 1 atom stereocenters. The van der Waals surface area contributed by atoms with Crippen molar-refractivity contribution >= 4 is 21.9 Å². The Morgan fingerprint density at radius 2 is 2.43 bits per heavy atom. The van der Waals surface area contributed by atoms with Crippen molar-refractivity contribution < 1.29 is 4.92 Å². The minimum absolute atomic E-state index is 0.201. The van der Waals surface area contributed by atoms with Crippen molar-refractivity contribution in [3.05, 3.63) is 14.8 Å². The van der Waals surface area contributed by atoms with Crippen LogP contribution in [0.25, 0.3) is 0 Å². The van der Waals surface area contributed by atoms with Gasteiger partial charge in [-0.1, -0.05) is 6.92 Å². The van der Waals surface area contributed by atoms with Gasteiger partial charge in [0.15, 0.2) is 0 Å². The maximum Gasteiger partial charge on any atom is 0.492 e. The Morgan fingerprint density at radius 3 is 2.86 bits per heavy atom. The fraction of sp³-hybridized carbons (Fsp3) is 0.667. The second-order valence-corrected chi connectivity index (χ2v) is 3.67. The van der Waals surface area contributed by atoms with Gasteiger partial charge in [-0.05, 0) is 22.4 Å². The summed E-state index contributed by atoms with van der Waals surface area (Å²) >= 11 is 3.09. The van der Waals surface area contributed by atoms with E-state index in [0.717, 1.165) is 0 Å². The van der Waals surface area contributed by atoms with E-state index >= 15 is 0 Å². The Labute approximate surface area is 88.6 Å². The Hall–Kier alpha value is -1.02. The molecule has 0 saturated heterocycles. The molecule has 1 heterocycles. The van der Waals surface area contributed by atoms with Crippen molar-refractivity contribution in [3.8, 4) is 0 Å². The Morgan fingerprint density at radius 1 is 1.79 bits per heavy atom. The molecule has 1 aromatic heterocycles. The lowest BCUT2D eigenvalue weighted by atomic mass is 10.2. The van der Waals surface area contributed by atoms with Crippen LogP contribution in [0.5, 0.6) is 0 Å². The van der Waals surface area contributed by atoms with E-state index in [1.165, 1.54) is 4.68 Å². The molecule has 0 saturated carbocycles. The number of hydrogen-bond donors (Lipinski definition) is 1. The standard InChI is InChI=1S/C6H10BrN5O2/c1-4(2-8)3-11-5(7)9-6(10-11)12(13)14/h4H,2-3,8H2,1H3. The van der Waals surface area contributed by atoms with Crippen molar-refractivity contribution in [3.63, 3.8) is 0 Å². The predicted octanol–water partition coefficient (Wildman–Crippen LogP) is 0.544. The topological polar surface area (TPSA) is 99.9 Å². The van der Waals surface area contributed by atoms with E-state index < -0.39 is 10.9 Å². The molecule has 0 aliphatic heterocycles. The third-order valence-electron chi connectivity index (χ3n) is 1.67. The lowest BCUT2D eigenvalue weighted by Gasteiger charge is -2.04. The zero-order chi connectivity index (χ0) is 10.7. The highest BCUT2D eigenvalue weighted by Crippen LogP contribution is 2.13. The van der Waals surface area contributed by atoms with Gasteiger partial charge in [0.05, 0.1) is 6.54 Å². The highest BCUT2D eigenvalue weighted by Gasteiger charge is 2.20. The van der Waals surface area contributed by atoms with Crippen LogP contribution in [0, 0.1) is 16.0 Å². The summed E-state index contributed by atoms with van der Waals surface area (Å²) < 4.78 is 1.78. The molecule has 78 valence electrons. The van der Waals surface area contributed by atoms with Gasteiger partial charge in [-0.3, -0.25) is 0 Å². The number of hydrogen-bond acceptors (Lipinski definition) is 5. The largest absolute Gasteiger partial charge is 0.492 e. The van der Waals surface area contributed by atoms with E-state index in [9.17, 15) is 10.1 Å². The molecule has 1 unspecified atom stereocenters. The van der Waals surface area contributed by atoms with Crippen molar-refractivity contribution in [2.45, 2.75) is 13.5 Å². The van der Waals surface area contributed by atoms with Crippen LogP contribution in [0.4, 0.5) is 5.95 Å². The van der Waals surface area contributed by atoms with E-state index in [-0.39, 0.29) is 5.92 Å². The summed E-state index contributed by atoms with van der Waals surface area (Å²) in [5.41, 5.74) is 5.43. The van der Waals surface area contributed by atoms with Crippen LogP contribution in [0.3, 0.4) is 0 Å². The number of nitrogens with two attached hydrogens (primary N) is 1. The zero-order valence-corrected chi connectivity index (χ0v) is 9.14. The van der Waals surface area contributed by atoms with E-state index in [1.54, 1.807) is 0 Å². The van der Waals surface area contributed by atoms with Gasteiger partial charge in [-0.15, -0.1) is 0 Å². The quantitative estimate of drug-likeness (QED) is 0.632. The molecule has 2 N–H and O–H groups in total. The Kier molecular flexibility index (Phi) is 3.53. The van der Waals surface area contributed by atoms with Crippen LogP contribution >= 0.6 is 15.9 Å². The third-order valence-corrected chi connectivity index (χ3v) is 2.25. The van der Waals surface area contributed by atoms with E-state index in [1.807, 2.05) is 6.92 Å². The van der Waals surface area contributed by atoms with Gasteiger partial charge in [0, 0.05) is 21.0 Å². The molecule has 0 radical (unpaired) electrons. The fourth-order valence-corrected chi connectivity index (χ4v) is 1.26. The van der Waals surface area contributed by atoms with E-state index in [0.29, 0.717) is 17.8 Å². The van der Waals surface area contributed by atoms with E-state index in [2.05, 4.69) is 26.0 Å². The summed E-state index contributed by atoms with van der Waals surface area (Å²) in [6.07, 6.45) is 0. The van der Waals surface area contributed by atoms with Gasteiger partial charge >= 0.3 is 5.95 Å². The smallest absolute Gasteiger partial charge is 0.390 e. The van der Waals surface area contributed by atoms with Crippen molar-refractivity contribution in [1.29, 1.82) is 0 Å². The van der Waals surface area contributed by atoms with Crippen molar-refractivity contribution in [2.24, 2.45) is 11.7 Å². The lowest BCUT2D eigenvalue weighted by molar-refractivity contribution is -0.394. The molecule has 0 aliphatic carbocycles. The average Bonchev–Trinajstić information content (AvgIpc) is 2.48. The SMILES string of the molecule is CC(CN)Cn1nc([N+](=O)[O-])nc1Br. The van der Waals surface area contributed by atoms with Crippen LogP contribution in [0.15, 0.2) is 4.73 Å². The van der Waals surface area contributed by atoms with Gasteiger partial charge in [0.2, 0.25) is 0 Å². The number of nitro groups is 1. The minimum atomic E-state index is -0.631. The Balaban J connectivity index is 2.82. The Bertz CT molecular complexity index is 339. The highest BCUT2D eigenvalue weighted by molar-refractivity contribution is 9.10. The van der Waals surface area contributed by atoms with Crippen LogP contribution in [0.2, 0.25) is 0 Å². The number of rotatable bonds is 4. The zero-order valence-electron chi connectivity index (χ0n) is 7.55. The molecular weight excluding hydrogens is 254 g/mol. The van der Waals surface area contributed by atoms with Gasteiger partial charge in [-0.25, -0.2) is 0 Å². The summed E-state index contributed by atoms with van der Waals surface area (Å²) in [4.78, 5) is 13.3. The van der Waals surface area contributed by atoms with Gasteiger partial charge in [0.25, 0.3) is 4.73 Å². The first-order valence-corrected chi connectivity index (χ1v) is 4.78. The van der Waals surface area contributed by atoms with Crippen LogP contribution in [-0.2, 0) is 6.54 Å². The monoisotopic (exact) mass is 263 g/mol. The molecular formula is C6H10BrN5O2. The first-order valence-electron chi connectivity index (χ1n) is 3.99. The molecule has 0 aromatic carbocycles. The molecule has 0 bridgehead atoms. The van der Waals surface area contributed by atoms with Gasteiger partial charge < -0.3 is 15.8 Å². The number of aromatic nitrogens is 3. The average molecular weight is 264 g/mol. The van der Waals surface area contributed by atoms with Gasteiger partial charge in [0.1, 0.15) is 0 Å². The summed E-state index contributed by atoms with van der Waals surface area (Å²) in [6.45, 7) is 2.94. The van der Waals surface area contributed by atoms with Crippen LogP contribution in [-0.4, -0.2) is 26.2 Å². The maximum absolute atomic E-state index is 10.3. The summed E-state index contributed by atoms with van der Waals surface area (Å²) in [5, 5.41) is 14.0. The second kappa shape index (κ2) is 4.47. The molecule has 7 nitrogen and oxygen atoms in total. The normalized spacial score (nSPS) is 12.8. The molecule has 1 aromatic rings. The highest BCUT2D eigenvalue weighted by atomic mass is 79.9. The minimum Gasteiger partial charge on any atom is -0.390 e. The molecule has 0 fully saturated rings. The van der Waals surface area contributed by atoms with Gasteiger partial charge in [-0.2, -0.15) is 4.68 Å². The fourth-order valence-electron chi connectivity index (χ4n) is 0.875. The van der Waals surface area contributed by atoms with Crippen molar-refractivity contribution in [2.75, 3.05) is 6.54 Å². The van der Waals surface area contributed by atoms with Crippen LogP contribution in [0.1, 0.15) is 6.92 Å². The van der Waals surface area contributed by atoms with Crippen LogP contribution < -0.4 is 5.73 Å².